The lowest BCUT2D eigenvalue weighted by Crippen LogP contribution is -1.98. The molecule has 0 aliphatic rings. The van der Waals surface area contributed by atoms with Gasteiger partial charge in [-0.3, -0.25) is 0 Å². The highest BCUT2D eigenvalue weighted by molar-refractivity contribution is 7.26. The molecule has 0 fully saturated rings. The van der Waals surface area contributed by atoms with E-state index in [0.29, 0.717) is 0 Å². The van der Waals surface area contributed by atoms with Crippen LogP contribution < -0.4 is 11.1 Å². The van der Waals surface area contributed by atoms with Crippen LogP contribution in [0.25, 0.3) is 0 Å². The smallest absolute Gasteiger partial charge is 0.122 e. The zero-order valence-electron chi connectivity index (χ0n) is 7.62. The van der Waals surface area contributed by atoms with Crippen molar-refractivity contribution in [3.8, 4) is 0 Å². The Morgan fingerprint density at radius 1 is 0.929 bits per heavy atom. The van der Waals surface area contributed by atoms with Crippen LogP contribution in [0.2, 0.25) is 0 Å². The number of hydrogen-bond acceptors (Lipinski definition) is 2. The summed E-state index contributed by atoms with van der Waals surface area (Å²) in [6.07, 6.45) is 5.63. The average molecular weight is 226 g/mol. The highest BCUT2D eigenvalue weighted by atomic mass is 31.0. The van der Waals surface area contributed by atoms with Crippen LogP contribution in [0.4, 0.5) is 0 Å². The number of aryl methyl sites for hydroxylation is 2. The number of aromatic amines is 2. The van der Waals surface area contributed by atoms with Gasteiger partial charge in [-0.05, 0) is 12.8 Å². The van der Waals surface area contributed by atoms with Crippen LogP contribution in [0.1, 0.15) is 11.4 Å². The second kappa shape index (κ2) is 4.20. The standard InChI is InChI=1S/C8H12N4P2/c13-7-9-3-5(11-7)1-2-6-4-10-8(14)12-6/h3-4H,1-2,13-14H2,(H,9,11)(H,10,12). The molecule has 2 unspecified atom stereocenters. The molecule has 0 aromatic carbocycles. The van der Waals surface area contributed by atoms with E-state index in [1.165, 1.54) is 0 Å². The first-order valence-corrected chi connectivity index (χ1v) is 5.48. The maximum absolute atomic E-state index is 4.11. The van der Waals surface area contributed by atoms with Crippen molar-refractivity contribution in [2.24, 2.45) is 0 Å². The average Bonchev–Trinajstić information content (AvgIpc) is 2.72. The lowest BCUT2D eigenvalue weighted by atomic mass is 10.2. The number of aromatic nitrogens is 4. The predicted octanol–water partition coefficient (Wildman–Crippen LogP) is -0.0812. The zero-order valence-corrected chi connectivity index (χ0v) is 9.93. The van der Waals surface area contributed by atoms with Gasteiger partial charge in [0.05, 0.1) is 0 Å². The van der Waals surface area contributed by atoms with Crippen molar-refractivity contribution in [3.05, 3.63) is 23.8 Å². The first kappa shape index (κ1) is 9.82. The van der Waals surface area contributed by atoms with Gasteiger partial charge in [-0.2, -0.15) is 0 Å². The number of rotatable bonds is 3. The number of nitrogens with zero attached hydrogens (tertiary/aromatic N) is 2. The summed E-state index contributed by atoms with van der Waals surface area (Å²) < 4.78 is 0. The van der Waals surface area contributed by atoms with Crippen LogP contribution in [0.3, 0.4) is 0 Å². The summed E-state index contributed by atoms with van der Waals surface area (Å²) in [5, 5.41) is 0. The Hall–Kier alpha value is -0.720. The van der Waals surface area contributed by atoms with E-state index in [1.807, 2.05) is 12.4 Å². The van der Waals surface area contributed by atoms with Crippen LogP contribution in [0.15, 0.2) is 12.4 Å². The molecule has 0 aliphatic carbocycles. The number of nitrogens with one attached hydrogen (secondary N) is 2. The Morgan fingerprint density at radius 2 is 1.36 bits per heavy atom. The van der Waals surface area contributed by atoms with E-state index in [4.69, 9.17) is 0 Å². The van der Waals surface area contributed by atoms with Crippen molar-refractivity contribution >= 4 is 29.6 Å². The summed E-state index contributed by atoms with van der Waals surface area (Å²) >= 11 is 0. The first-order chi connectivity index (χ1) is 6.74. The van der Waals surface area contributed by atoms with Crippen LogP contribution in [-0.4, -0.2) is 19.9 Å². The van der Waals surface area contributed by atoms with Crippen LogP contribution in [0.5, 0.6) is 0 Å². The molecular formula is C8H12N4P2. The minimum Gasteiger partial charge on any atom is -0.343 e. The molecule has 0 bridgehead atoms. The zero-order chi connectivity index (χ0) is 9.97. The molecule has 2 atom stereocenters. The first-order valence-electron chi connectivity index (χ1n) is 4.33. The van der Waals surface area contributed by atoms with E-state index in [0.717, 1.165) is 35.4 Å². The topological polar surface area (TPSA) is 57.4 Å². The molecule has 0 saturated heterocycles. The lowest BCUT2D eigenvalue weighted by Gasteiger charge is -1.94. The second-order valence-corrected chi connectivity index (χ2v) is 4.18. The van der Waals surface area contributed by atoms with E-state index in [1.54, 1.807) is 0 Å². The highest BCUT2D eigenvalue weighted by Crippen LogP contribution is 2.00. The van der Waals surface area contributed by atoms with E-state index >= 15 is 0 Å². The summed E-state index contributed by atoms with van der Waals surface area (Å²) in [7, 11) is 5.09. The fraction of sp³-hybridized carbons (Fsp3) is 0.250. The van der Waals surface area contributed by atoms with Crippen molar-refractivity contribution < 1.29 is 0 Å². The quantitative estimate of drug-likeness (QED) is 0.719. The van der Waals surface area contributed by atoms with E-state index in [-0.39, 0.29) is 0 Å². The molecule has 14 heavy (non-hydrogen) atoms. The van der Waals surface area contributed by atoms with Crippen LogP contribution in [0, 0.1) is 0 Å². The Bertz CT molecular complexity index is 380. The summed E-state index contributed by atoms with van der Waals surface area (Å²) in [5.41, 5.74) is 4.07. The molecule has 6 heteroatoms. The summed E-state index contributed by atoms with van der Waals surface area (Å²) in [5.74, 6) is 0. The molecule has 0 radical (unpaired) electrons. The third-order valence-corrected chi connectivity index (χ3v) is 2.55. The van der Waals surface area contributed by atoms with Gasteiger partial charge >= 0.3 is 0 Å². The number of hydrogen-bond donors (Lipinski definition) is 2. The molecule has 2 heterocycles. The van der Waals surface area contributed by atoms with Crippen molar-refractivity contribution in [1.29, 1.82) is 0 Å². The molecule has 74 valence electrons. The van der Waals surface area contributed by atoms with Crippen LogP contribution in [-0.2, 0) is 12.8 Å². The molecule has 2 rings (SSSR count). The Kier molecular flexibility index (Phi) is 2.95. The number of H-pyrrole nitrogens is 2. The van der Waals surface area contributed by atoms with Gasteiger partial charge in [-0.25, -0.2) is 9.97 Å². The van der Waals surface area contributed by atoms with Gasteiger partial charge in [0, 0.05) is 23.8 Å². The van der Waals surface area contributed by atoms with Gasteiger partial charge in [0.1, 0.15) is 11.1 Å². The van der Waals surface area contributed by atoms with Crippen molar-refractivity contribution in [2.75, 3.05) is 0 Å². The van der Waals surface area contributed by atoms with Crippen molar-refractivity contribution in [3.63, 3.8) is 0 Å². The minimum atomic E-state index is 0.886. The molecule has 0 aliphatic heterocycles. The Morgan fingerprint density at radius 3 is 1.64 bits per heavy atom. The van der Waals surface area contributed by atoms with E-state index in [9.17, 15) is 0 Å². The van der Waals surface area contributed by atoms with Gasteiger partial charge in [0.2, 0.25) is 0 Å². The van der Waals surface area contributed by atoms with Gasteiger partial charge in [-0.15, -0.1) is 0 Å². The molecule has 0 amide bonds. The molecule has 0 spiro atoms. The maximum Gasteiger partial charge on any atom is 0.122 e. The summed E-state index contributed by atoms with van der Waals surface area (Å²) in [6, 6.07) is 0. The molecule has 2 N–H and O–H groups in total. The van der Waals surface area contributed by atoms with Gasteiger partial charge in [0.15, 0.2) is 0 Å². The normalized spacial score (nSPS) is 10.7. The molecule has 4 nitrogen and oxygen atoms in total. The SMILES string of the molecule is Pc1ncc(CCc2cnc(P)[nH]2)[nH]1. The highest BCUT2D eigenvalue weighted by Gasteiger charge is 2.00. The monoisotopic (exact) mass is 226 g/mol. The second-order valence-electron chi connectivity index (χ2n) is 3.09. The largest absolute Gasteiger partial charge is 0.343 e. The summed E-state index contributed by atoms with van der Waals surface area (Å²) in [4.78, 5) is 14.6. The molecular weight excluding hydrogens is 214 g/mol. The van der Waals surface area contributed by atoms with Gasteiger partial charge in [0.25, 0.3) is 0 Å². The van der Waals surface area contributed by atoms with Gasteiger partial charge < -0.3 is 9.97 Å². The fourth-order valence-corrected chi connectivity index (χ4v) is 1.80. The number of imidazole rings is 2. The third-order valence-electron chi connectivity index (χ3n) is 1.96. The van der Waals surface area contributed by atoms with Gasteiger partial charge in [-0.1, -0.05) is 18.5 Å². The Labute approximate surface area is 86.7 Å². The molecule has 2 aromatic rings. The fourth-order valence-electron chi connectivity index (χ4n) is 1.28. The van der Waals surface area contributed by atoms with Crippen molar-refractivity contribution in [2.45, 2.75) is 12.8 Å². The lowest BCUT2D eigenvalue weighted by molar-refractivity contribution is 0.902. The molecule has 0 saturated carbocycles. The predicted molar refractivity (Wildman–Crippen MR) is 63.3 cm³/mol. The van der Waals surface area contributed by atoms with E-state index < -0.39 is 0 Å². The van der Waals surface area contributed by atoms with Crippen molar-refractivity contribution in [1.82, 2.24) is 19.9 Å². The third kappa shape index (κ3) is 2.40. The van der Waals surface area contributed by atoms with Crippen LogP contribution >= 0.6 is 18.5 Å². The summed E-state index contributed by atoms with van der Waals surface area (Å²) in [6.45, 7) is 0. The maximum atomic E-state index is 4.11. The Balaban J connectivity index is 1.94. The molecule has 2 aromatic heterocycles. The van der Waals surface area contributed by atoms with E-state index in [2.05, 4.69) is 38.4 Å². The minimum absolute atomic E-state index is 0.886.